The highest BCUT2D eigenvalue weighted by Crippen LogP contribution is 2.28. The van der Waals surface area contributed by atoms with E-state index >= 15 is 0 Å². The summed E-state index contributed by atoms with van der Waals surface area (Å²) in [6, 6.07) is 1.36. The highest BCUT2D eigenvalue weighted by Gasteiger charge is 2.38. The van der Waals surface area contributed by atoms with Crippen molar-refractivity contribution in [3.63, 3.8) is 0 Å². The Kier molecular flexibility index (Phi) is 3.88. The maximum atomic E-state index is 12.9. The Balaban J connectivity index is 1.92. The molecule has 3 rings (SSSR count). The lowest BCUT2D eigenvalue weighted by atomic mass is 10.1. The maximum Gasteiger partial charge on any atom is 0.453 e. The SMILES string of the molecule is Cc1cc(NC2CC(=O)N(C(C)(C)C)C2)n2nc(C(F)(F)F)nc2n1. The van der Waals surface area contributed by atoms with Gasteiger partial charge in [-0.3, -0.25) is 4.79 Å². The van der Waals surface area contributed by atoms with Gasteiger partial charge in [0.25, 0.3) is 11.6 Å². The lowest BCUT2D eigenvalue weighted by Crippen LogP contribution is -2.43. The van der Waals surface area contributed by atoms with Gasteiger partial charge in [-0.1, -0.05) is 0 Å². The molecule has 0 bridgehead atoms. The fourth-order valence-electron chi connectivity index (χ4n) is 2.87. The van der Waals surface area contributed by atoms with Gasteiger partial charge < -0.3 is 10.2 Å². The largest absolute Gasteiger partial charge is 0.453 e. The van der Waals surface area contributed by atoms with Crippen LogP contribution in [0.5, 0.6) is 0 Å². The van der Waals surface area contributed by atoms with Crippen molar-refractivity contribution < 1.29 is 18.0 Å². The van der Waals surface area contributed by atoms with Gasteiger partial charge in [0.15, 0.2) is 0 Å². The number of aromatic nitrogens is 4. The highest BCUT2D eigenvalue weighted by molar-refractivity contribution is 5.80. The van der Waals surface area contributed by atoms with Crippen molar-refractivity contribution >= 4 is 17.5 Å². The fraction of sp³-hybridized carbons (Fsp3) is 0.600. The molecule has 0 aromatic carbocycles. The van der Waals surface area contributed by atoms with Gasteiger partial charge >= 0.3 is 6.18 Å². The summed E-state index contributed by atoms with van der Waals surface area (Å²) in [6.45, 7) is 7.94. The van der Waals surface area contributed by atoms with Crippen molar-refractivity contribution in [2.24, 2.45) is 0 Å². The molecule has 0 spiro atoms. The maximum absolute atomic E-state index is 12.9. The predicted molar refractivity (Wildman–Crippen MR) is 84.0 cm³/mol. The van der Waals surface area contributed by atoms with Gasteiger partial charge in [-0.25, -0.2) is 4.98 Å². The monoisotopic (exact) mass is 356 g/mol. The number of fused-ring (bicyclic) bond motifs is 1. The molecule has 0 saturated carbocycles. The molecule has 1 aliphatic heterocycles. The molecule has 1 fully saturated rings. The van der Waals surface area contributed by atoms with Crippen LogP contribution in [0.1, 0.15) is 38.7 Å². The van der Waals surface area contributed by atoms with Gasteiger partial charge in [0, 0.05) is 30.3 Å². The normalized spacial score (nSPS) is 19.1. The number of nitrogens with zero attached hydrogens (tertiary/aromatic N) is 5. The Morgan fingerprint density at radius 3 is 2.48 bits per heavy atom. The van der Waals surface area contributed by atoms with Gasteiger partial charge in [-0.2, -0.15) is 22.7 Å². The lowest BCUT2D eigenvalue weighted by Gasteiger charge is -2.32. The van der Waals surface area contributed by atoms with Gasteiger partial charge in [-0.05, 0) is 27.7 Å². The summed E-state index contributed by atoms with van der Waals surface area (Å²) < 4.78 is 39.6. The molecule has 136 valence electrons. The lowest BCUT2D eigenvalue weighted by molar-refractivity contribution is -0.144. The molecule has 1 aliphatic rings. The number of likely N-dealkylation sites (tertiary alicyclic amines) is 1. The third kappa shape index (κ3) is 3.38. The number of amides is 1. The molecule has 3 heterocycles. The average Bonchev–Trinajstić information content (AvgIpc) is 3.01. The molecule has 7 nitrogen and oxygen atoms in total. The number of carbonyl (C=O) groups is 1. The Labute approximate surface area is 142 Å². The number of halogens is 3. The minimum Gasteiger partial charge on any atom is -0.365 e. The Morgan fingerprint density at radius 2 is 1.92 bits per heavy atom. The van der Waals surface area contributed by atoms with Crippen molar-refractivity contribution in [1.82, 2.24) is 24.5 Å². The zero-order valence-corrected chi connectivity index (χ0v) is 14.3. The molecule has 1 amide bonds. The van der Waals surface area contributed by atoms with Crippen molar-refractivity contribution in [3.05, 3.63) is 17.6 Å². The quantitative estimate of drug-likeness (QED) is 0.893. The van der Waals surface area contributed by atoms with Gasteiger partial charge in [0.1, 0.15) is 5.82 Å². The van der Waals surface area contributed by atoms with Gasteiger partial charge in [0.05, 0.1) is 6.04 Å². The summed E-state index contributed by atoms with van der Waals surface area (Å²) in [6.07, 6.45) is -4.38. The van der Waals surface area contributed by atoms with Crippen molar-refractivity contribution in [2.75, 3.05) is 11.9 Å². The Morgan fingerprint density at radius 1 is 1.24 bits per heavy atom. The van der Waals surface area contributed by atoms with E-state index in [0.717, 1.165) is 4.52 Å². The number of rotatable bonds is 2. The van der Waals surface area contributed by atoms with Gasteiger partial charge in [0.2, 0.25) is 5.91 Å². The molecule has 1 saturated heterocycles. The number of hydrogen-bond donors (Lipinski definition) is 1. The first-order valence-electron chi connectivity index (χ1n) is 7.84. The van der Waals surface area contributed by atoms with E-state index < -0.39 is 12.0 Å². The zero-order valence-electron chi connectivity index (χ0n) is 14.3. The topological polar surface area (TPSA) is 75.4 Å². The first kappa shape index (κ1) is 17.4. The second-order valence-electron chi connectivity index (χ2n) is 7.15. The number of hydrogen-bond acceptors (Lipinski definition) is 5. The summed E-state index contributed by atoms with van der Waals surface area (Å²) >= 11 is 0. The molecule has 25 heavy (non-hydrogen) atoms. The minimum atomic E-state index is -4.65. The van der Waals surface area contributed by atoms with Crippen molar-refractivity contribution in [3.8, 4) is 0 Å². The summed E-state index contributed by atoms with van der Waals surface area (Å²) in [5.41, 5.74) is 0.196. The van der Waals surface area contributed by atoms with E-state index in [4.69, 9.17) is 0 Å². The molecule has 1 N–H and O–H groups in total. The second kappa shape index (κ2) is 5.57. The minimum absolute atomic E-state index is 0.00147. The van der Waals surface area contributed by atoms with E-state index in [1.54, 1.807) is 17.9 Å². The number of nitrogens with one attached hydrogen (secondary N) is 1. The van der Waals surface area contributed by atoms with Crippen LogP contribution in [0.4, 0.5) is 19.0 Å². The molecule has 0 aliphatic carbocycles. The summed E-state index contributed by atoms with van der Waals surface area (Å²) in [5, 5.41) is 6.62. The van der Waals surface area contributed by atoms with Crippen LogP contribution in [0.3, 0.4) is 0 Å². The first-order valence-corrected chi connectivity index (χ1v) is 7.84. The van der Waals surface area contributed by atoms with Crippen LogP contribution >= 0.6 is 0 Å². The summed E-state index contributed by atoms with van der Waals surface area (Å²) in [5.74, 6) is -1.04. The fourth-order valence-corrected chi connectivity index (χ4v) is 2.87. The smallest absolute Gasteiger partial charge is 0.365 e. The molecule has 2 aromatic rings. The zero-order chi connectivity index (χ0) is 18.6. The van der Waals surface area contributed by atoms with Crippen LogP contribution in [-0.2, 0) is 11.0 Å². The predicted octanol–water partition coefficient (Wildman–Crippen LogP) is 2.26. The van der Waals surface area contributed by atoms with Gasteiger partial charge in [-0.15, -0.1) is 5.10 Å². The van der Waals surface area contributed by atoms with Crippen LogP contribution < -0.4 is 5.32 Å². The summed E-state index contributed by atoms with van der Waals surface area (Å²) in [7, 11) is 0. The number of carbonyl (C=O) groups excluding carboxylic acids is 1. The van der Waals surface area contributed by atoms with Crippen LogP contribution in [0.25, 0.3) is 5.78 Å². The molecule has 1 unspecified atom stereocenters. The number of alkyl halides is 3. The molecule has 1 atom stereocenters. The van der Waals surface area contributed by atoms with Crippen LogP contribution in [0.2, 0.25) is 0 Å². The van der Waals surface area contributed by atoms with Crippen LogP contribution in [-0.4, -0.2) is 48.5 Å². The first-order chi connectivity index (χ1) is 11.4. The molecule has 2 aromatic heterocycles. The van der Waals surface area contributed by atoms with Crippen LogP contribution in [0.15, 0.2) is 6.07 Å². The summed E-state index contributed by atoms with van der Waals surface area (Å²) in [4.78, 5) is 21.4. The number of aryl methyl sites for hydroxylation is 1. The Bertz CT molecular complexity index is 823. The van der Waals surface area contributed by atoms with E-state index in [-0.39, 0.29) is 29.7 Å². The van der Waals surface area contributed by atoms with E-state index in [1.165, 1.54) is 0 Å². The van der Waals surface area contributed by atoms with E-state index in [1.807, 2.05) is 20.8 Å². The molecule has 10 heteroatoms. The van der Waals surface area contributed by atoms with Crippen molar-refractivity contribution in [1.29, 1.82) is 0 Å². The molecule has 0 radical (unpaired) electrons. The molecular weight excluding hydrogens is 337 g/mol. The van der Waals surface area contributed by atoms with E-state index in [9.17, 15) is 18.0 Å². The van der Waals surface area contributed by atoms with Crippen molar-refractivity contribution in [2.45, 2.75) is 51.9 Å². The second-order valence-corrected chi connectivity index (χ2v) is 7.15. The van der Waals surface area contributed by atoms with E-state index in [0.29, 0.717) is 18.1 Å². The molecular formula is C15H19F3N6O. The van der Waals surface area contributed by atoms with Crippen LogP contribution in [0, 0.1) is 6.92 Å². The third-order valence-electron chi connectivity index (χ3n) is 3.98. The number of anilines is 1. The van der Waals surface area contributed by atoms with E-state index in [2.05, 4.69) is 20.4 Å². The third-order valence-corrected chi connectivity index (χ3v) is 3.98. The standard InChI is InChI=1S/C15H19F3N6O/c1-8-5-10(20-9-6-11(25)23(7-9)14(2,3)4)24-13(19-8)21-12(22-24)15(16,17)18/h5,9,20H,6-7H2,1-4H3. The average molecular weight is 356 g/mol. The highest BCUT2D eigenvalue weighted by atomic mass is 19.4. The Hall–Kier alpha value is -2.39.